The lowest BCUT2D eigenvalue weighted by Gasteiger charge is -2.29. The van der Waals surface area contributed by atoms with E-state index in [2.05, 4.69) is 10.6 Å². The van der Waals surface area contributed by atoms with Crippen molar-refractivity contribution in [2.24, 2.45) is 5.73 Å². The molecule has 0 spiro atoms. The van der Waals surface area contributed by atoms with E-state index in [9.17, 15) is 0 Å². The van der Waals surface area contributed by atoms with Crippen molar-refractivity contribution in [1.29, 1.82) is 0 Å². The van der Waals surface area contributed by atoms with Crippen LogP contribution >= 0.6 is 0 Å². The Labute approximate surface area is 52.9 Å². The lowest BCUT2D eigenvalue weighted by molar-refractivity contribution is -0.0250. The summed E-state index contributed by atoms with van der Waals surface area (Å²) < 4.78 is 0. The maximum absolute atomic E-state index is 8.86. The molecular formula is C4H11N3O2. The van der Waals surface area contributed by atoms with Gasteiger partial charge < -0.3 is 15.9 Å². The summed E-state index contributed by atoms with van der Waals surface area (Å²) >= 11 is 0. The Morgan fingerprint density at radius 1 is 1.33 bits per heavy atom. The second-order valence-corrected chi connectivity index (χ2v) is 2.09. The topological polar surface area (TPSA) is 90.5 Å². The quantitative estimate of drug-likeness (QED) is 0.251. The third kappa shape index (κ3) is 1.88. The summed E-state index contributed by atoms with van der Waals surface area (Å²) in [6, 6.07) is 0. The molecule has 0 aromatic heterocycles. The lowest BCUT2D eigenvalue weighted by atomic mass is 10.3. The average molecular weight is 133 g/mol. The molecule has 3 atom stereocenters. The first-order valence-corrected chi connectivity index (χ1v) is 2.82. The SMILES string of the molecule is NC1CC(O)NC(O)N1. The van der Waals surface area contributed by atoms with Gasteiger partial charge in [0.15, 0.2) is 6.35 Å². The smallest absolute Gasteiger partial charge is 0.163 e. The number of rotatable bonds is 0. The third-order valence-corrected chi connectivity index (χ3v) is 1.20. The van der Waals surface area contributed by atoms with Crippen molar-refractivity contribution in [3.05, 3.63) is 0 Å². The predicted molar refractivity (Wildman–Crippen MR) is 30.9 cm³/mol. The fraction of sp³-hybridized carbons (Fsp3) is 1.00. The average Bonchev–Trinajstić information content (AvgIpc) is 1.59. The van der Waals surface area contributed by atoms with E-state index in [0.717, 1.165) is 0 Å². The molecule has 0 aromatic rings. The maximum Gasteiger partial charge on any atom is 0.163 e. The zero-order valence-electron chi connectivity index (χ0n) is 4.91. The van der Waals surface area contributed by atoms with Crippen LogP contribution < -0.4 is 16.4 Å². The molecule has 0 bridgehead atoms. The molecule has 0 aromatic carbocycles. The van der Waals surface area contributed by atoms with Crippen molar-refractivity contribution >= 4 is 0 Å². The molecule has 1 rings (SSSR count). The van der Waals surface area contributed by atoms with Crippen molar-refractivity contribution < 1.29 is 10.2 Å². The van der Waals surface area contributed by atoms with Crippen LogP contribution in [0.15, 0.2) is 0 Å². The van der Waals surface area contributed by atoms with Crippen molar-refractivity contribution in [3.8, 4) is 0 Å². The highest BCUT2D eigenvalue weighted by atomic mass is 16.3. The van der Waals surface area contributed by atoms with Crippen LogP contribution in [-0.2, 0) is 0 Å². The zero-order chi connectivity index (χ0) is 6.85. The van der Waals surface area contributed by atoms with Crippen molar-refractivity contribution in [2.45, 2.75) is 25.2 Å². The van der Waals surface area contributed by atoms with E-state index in [1.54, 1.807) is 0 Å². The first-order chi connectivity index (χ1) is 4.18. The molecule has 5 heteroatoms. The highest BCUT2D eigenvalue weighted by Crippen LogP contribution is 1.96. The van der Waals surface area contributed by atoms with E-state index in [-0.39, 0.29) is 6.17 Å². The van der Waals surface area contributed by atoms with Gasteiger partial charge in [0.2, 0.25) is 0 Å². The van der Waals surface area contributed by atoms with Crippen molar-refractivity contribution in [1.82, 2.24) is 10.6 Å². The van der Waals surface area contributed by atoms with E-state index < -0.39 is 12.6 Å². The zero-order valence-corrected chi connectivity index (χ0v) is 4.91. The summed E-state index contributed by atoms with van der Waals surface area (Å²) in [5, 5.41) is 22.6. The molecule has 0 radical (unpaired) electrons. The van der Waals surface area contributed by atoms with Crippen LogP contribution in [0.3, 0.4) is 0 Å². The molecule has 9 heavy (non-hydrogen) atoms. The first-order valence-electron chi connectivity index (χ1n) is 2.82. The molecule has 1 aliphatic rings. The fourth-order valence-electron chi connectivity index (χ4n) is 0.810. The Kier molecular flexibility index (Phi) is 1.99. The van der Waals surface area contributed by atoms with E-state index >= 15 is 0 Å². The second kappa shape index (κ2) is 2.59. The number of aliphatic hydroxyl groups excluding tert-OH is 2. The van der Waals surface area contributed by atoms with E-state index in [1.165, 1.54) is 0 Å². The minimum atomic E-state index is -0.885. The Morgan fingerprint density at radius 3 is 2.44 bits per heavy atom. The van der Waals surface area contributed by atoms with E-state index in [0.29, 0.717) is 6.42 Å². The Bertz CT molecular complexity index is 74.8. The summed E-state index contributed by atoms with van der Waals surface area (Å²) in [6.45, 7) is 0. The Morgan fingerprint density at radius 2 is 2.00 bits per heavy atom. The summed E-state index contributed by atoms with van der Waals surface area (Å²) in [4.78, 5) is 0. The van der Waals surface area contributed by atoms with Crippen molar-refractivity contribution in [3.63, 3.8) is 0 Å². The number of hydrogen-bond donors (Lipinski definition) is 5. The molecule has 5 nitrogen and oxygen atoms in total. The molecule has 1 saturated heterocycles. The van der Waals surface area contributed by atoms with Crippen LogP contribution in [0, 0.1) is 0 Å². The minimum absolute atomic E-state index is 0.323. The molecule has 54 valence electrons. The summed E-state index contributed by atoms with van der Waals surface area (Å²) in [6.07, 6.45) is -1.49. The third-order valence-electron chi connectivity index (χ3n) is 1.20. The first kappa shape index (κ1) is 6.91. The molecular weight excluding hydrogens is 122 g/mol. The molecule has 3 unspecified atom stereocenters. The molecule has 0 aliphatic carbocycles. The van der Waals surface area contributed by atoms with E-state index in [1.807, 2.05) is 0 Å². The number of aliphatic hydroxyl groups is 2. The highest BCUT2D eigenvalue weighted by Gasteiger charge is 2.20. The van der Waals surface area contributed by atoms with Crippen LogP contribution in [0.4, 0.5) is 0 Å². The number of nitrogens with one attached hydrogen (secondary N) is 2. The molecule has 1 aliphatic heterocycles. The number of hydrogen-bond acceptors (Lipinski definition) is 5. The van der Waals surface area contributed by atoms with Gasteiger partial charge in [-0.05, 0) is 0 Å². The molecule has 1 fully saturated rings. The van der Waals surface area contributed by atoms with Gasteiger partial charge in [-0.15, -0.1) is 0 Å². The summed E-state index contributed by atoms with van der Waals surface area (Å²) in [5.41, 5.74) is 5.34. The molecule has 6 N–H and O–H groups in total. The van der Waals surface area contributed by atoms with Gasteiger partial charge in [0.1, 0.15) is 6.23 Å². The molecule has 0 amide bonds. The second-order valence-electron chi connectivity index (χ2n) is 2.09. The van der Waals surface area contributed by atoms with Gasteiger partial charge in [-0.25, -0.2) is 0 Å². The van der Waals surface area contributed by atoms with Gasteiger partial charge in [0.05, 0.1) is 6.17 Å². The monoisotopic (exact) mass is 133 g/mol. The van der Waals surface area contributed by atoms with Gasteiger partial charge in [0.25, 0.3) is 0 Å². The Balaban J connectivity index is 2.34. The maximum atomic E-state index is 8.86. The van der Waals surface area contributed by atoms with Crippen molar-refractivity contribution in [2.75, 3.05) is 0 Å². The fourth-order valence-corrected chi connectivity index (χ4v) is 0.810. The van der Waals surface area contributed by atoms with Gasteiger partial charge in [0, 0.05) is 6.42 Å². The molecule has 0 saturated carbocycles. The van der Waals surface area contributed by atoms with E-state index in [4.69, 9.17) is 15.9 Å². The van der Waals surface area contributed by atoms with Crippen LogP contribution in [0.25, 0.3) is 0 Å². The molecule has 1 heterocycles. The van der Waals surface area contributed by atoms with Gasteiger partial charge in [-0.2, -0.15) is 0 Å². The number of nitrogens with two attached hydrogens (primary N) is 1. The van der Waals surface area contributed by atoms with Crippen LogP contribution in [0.5, 0.6) is 0 Å². The predicted octanol–water partition coefficient (Wildman–Crippen LogP) is -2.55. The largest absolute Gasteiger partial charge is 0.378 e. The lowest BCUT2D eigenvalue weighted by Crippen LogP contribution is -2.60. The van der Waals surface area contributed by atoms with Crippen LogP contribution in [0.1, 0.15) is 6.42 Å². The van der Waals surface area contributed by atoms with Gasteiger partial charge in [-0.1, -0.05) is 0 Å². The summed E-state index contributed by atoms with van der Waals surface area (Å²) in [5.74, 6) is 0. The standard InChI is InChI=1S/C4H11N3O2/c5-2-1-3(8)7-4(9)6-2/h2-4,6-9H,1,5H2. The summed E-state index contributed by atoms with van der Waals surface area (Å²) in [7, 11) is 0. The minimum Gasteiger partial charge on any atom is -0.378 e. The normalized spacial score (nSPS) is 45.0. The highest BCUT2D eigenvalue weighted by molar-refractivity contribution is 4.71. The van der Waals surface area contributed by atoms with Crippen LogP contribution in [0.2, 0.25) is 0 Å². The van der Waals surface area contributed by atoms with Gasteiger partial charge in [-0.3, -0.25) is 10.6 Å². The van der Waals surface area contributed by atoms with Gasteiger partial charge >= 0.3 is 0 Å². The Hall–Kier alpha value is -0.200. The van der Waals surface area contributed by atoms with Crippen LogP contribution in [-0.4, -0.2) is 29.0 Å².